The van der Waals surface area contributed by atoms with Crippen molar-refractivity contribution in [3.8, 4) is 5.69 Å². The Hall–Kier alpha value is -2.34. The molecule has 2 aromatic rings. The lowest BCUT2D eigenvalue weighted by molar-refractivity contribution is 0.00325. The fraction of sp³-hybridized carbons (Fsp3) is 0.333. The summed E-state index contributed by atoms with van der Waals surface area (Å²) < 4.78 is 7.01. The molecule has 1 atom stereocenters. The number of nitrogen functional groups attached to an aromatic ring is 1. The van der Waals surface area contributed by atoms with Gasteiger partial charge in [0.25, 0.3) is 5.91 Å². The number of aromatic nitrogens is 2. The van der Waals surface area contributed by atoms with Gasteiger partial charge in [-0.3, -0.25) is 4.79 Å². The maximum atomic E-state index is 12.5. The zero-order valence-electron chi connectivity index (χ0n) is 11.9. The van der Waals surface area contributed by atoms with Crippen LogP contribution in [0.15, 0.2) is 36.5 Å². The number of hydrogen-bond acceptors (Lipinski definition) is 4. The van der Waals surface area contributed by atoms with Gasteiger partial charge in [0, 0.05) is 18.4 Å². The van der Waals surface area contributed by atoms with E-state index in [2.05, 4.69) is 5.10 Å². The van der Waals surface area contributed by atoms with E-state index >= 15 is 0 Å². The molecule has 1 aliphatic heterocycles. The zero-order valence-corrected chi connectivity index (χ0v) is 11.9. The van der Waals surface area contributed by atoms with Crippen molar-refractivity contribution in [3.05, 3.63) is 42.2 Å². The van der Waals surface area contributed by atoms with E-state index in [0.29, 0.717) is 31.1 Å². The zero-order chi connectivity index (χ0) is 14.8. The highest BCUT2D eigenvalue weighted by Crippen LogP contribution is 2.14. The number of carbonyl (C=O) groups excluding carboxylic acids is 1. The highest BCUT2D eigenvalue weighted by molar-refractivity contribution is 5.92. The van der Waals surface area contributed by atoms with Crippen LogP contribution in [0.4, 0.5) is 5.69 Å². The van der Waals surface area contributed by atoms with Crippen molar-refractivity contribution in [1.29, 1.82) is 0 Å². The Morgan fingerprint density at radius 3 is 3.05 bits per heavy atom. The first-order valence-corrected chi connectivity index (χ1v) is 6.95. The maximum absolute atomic E-state index is 12.5. The fourth-order valence-corrected chi connectivity index (χ4v) is 2.43. The van der Waals surface area contributed by atoms with E-state index in [1.54, 1.807) is 21.8 Å². The van der Waals surface area contributed by atoms with E-state index in [0.717, 1.165) is 5.69 Å². The molecular formula is C15H18N4O2. The first-order valence-electron chi connectivity index (χ1n) is 6.95. The minimum atomic E-state index is -0.0616. The summed E-state index contributed by atoms with van der Waals surface area (Å²) in [6, 6.07) is 9.19. The number of nitrogens with zero attached hydrogens (tertiary/aromatic N) is 3. The summed E-state index contributed by atoms with van der Waals surface area (Å²) in [7, 11) is 0. The molecular weight excluding hydrogens is 268 g/mol. The van der Waals surface area contributed by atoms with Crippen LogP contribution in [0.2, 0.25) is 0 Å². The van der Waals surface area contributed by atoms with Gasteiger partial charge in [0.2, 0.25) is 0 Å². The molecule has 0 radical (unpaired) electrons. The Labute approximate surface area is 123 Å². The molecule has 21 heavy (non-hydrogen) atoms. The van der Waals surface area contributed by atoms with Crippen LogP contribution in [-0.2, 0) is 4.74 Å². The van der Waals surface area contributed by atoms with Crippen LogP contribution in [0.3, 0.4) is 0 Å². The molecule has 1 aromatic heterocycles. The lowest BCUT2D eigenvalue weighted by atomic mass is 10.2. The molecule has 0 aliphatic carbocycles. The predicted molar refractivity (Wildman–Crippen MR) is 79.3 cm³/mol. The Kier molecular flexibility index (Phi) is 3.62. The lowest BCUT2D eigenvalue weighted by Crippen LogP contribution is -2.47. The van der Waals surface area contributed by atoms with E-state index in [-0.39, 0.29) is 11.9 Å². The molecule has 0 bridgehead atoms. The summed E-state index contributed by atoms with van der Waals surface area (Å²) >= 11 is 0. The molecule has 1 amide bonds. The van der Waals surface area contributed by atoms with Gasteiger partial charge in [-0.05, 0) is 31.2 Å². The van der Waals surface area contributed by atoms with Crippen molar-refractivity contribution in [2.75, 3.05) is 25.5 Å². The molecule has 1 saturated heterocycles. The molecule has 6 heteroatoms. The SMILES string of the molecule is CC1COCCN1C(=O)c1ccn(-c2cccc(N)c2)n1. The topological polar surface area (TPSA) is 73.4 Å². The van der Waals surface area contributed by atoms with Gasteiger partial charge in [-0.25, -0.2) is 4.68 Å². The quantitative estimate of drug-likeness (QED) is 0.845. The number of rotatable bonds is 2. The van der Waals surface area contributed by atoms with Crippen LogP contribution >= 0.6 is 0 Å². The number of amides is 1. The maximum Gasteiger partial charge on any atom is 0.274 e. The van der Waals surface area contributed by atoms with Crippen molar-refractivity contribution in [2.24, 2.45) is 0 Å². The minimum absolute atomic E-state index is 0.0616. The summed E-state index contributed by atoms with van der Waals surface area (Å²) in [5.41, 5.74) is 7.71. The van der Waals surface area contributed by atoms with Gasteiger partial charge in [-0.1, -0.05) is 6.07 Å². The van der Waals surface area contributed by atoms with Crippen LogP contribution in [0, 0.1) is 0 Å². The van der Waals surface area contributed by atoms with Crippen molar-refractivity contribution in [1.82, 2.24) is 14.7 Å². The van der Waals surface area contributed by atoms with Gasteiger partial charge in [-0.2, -0.15) is 5.10 Å². The third-order valence-electron chi connectivity index (χ3n) is 3.57. The van der Waals surface area contributed by atoms with Crippen molar-refractivity contribution >= 4 is 11.6 Å². The second-order valence-corrected chi connectivity index (χ2v) is 5.16. The lowest BCUT2D eigenvalue weighted by Gasteiger charge is -2.32. The van der Waals surface area contributed by atoms with Gasteiger partial charge < -0.3 is 15.4 Å². The average Bonchev–Trinajstić information content (AvgIpc) is 2.97. The van der Waals surface area contributed by atoms with E-state index < -0.39 is 0 Å². The molecule has 1 aromatic carbocycles. The molecule has 2 N–H and O–H groups in total. The molecule has 2 heterocycles. The summed E-state index contributed by atoms with van der Waals surface area (Å²) in [5.74, 6) is -0.0616. The average molecular weight is 286 g/mol. The van der Waals surface area contributed by atoms with Crippen LogP contribution in [0.5, 0.6) is 0 Å². The van der Waals surface area contributed by atoms with Crippen LogP contribution in [0.25, 0.3) is 5.69 Å². The van der Waals surface area contributed by atoms with Gasteiger partial charge >= 0.3 is 0 Å². The van der Waals surface area contributed by atoms with Crippen LogP contribution in [-0.4, -0.2) is 46.4 Å². The predicted octanol–water partition coefficient (Wildman–Crippen LogP) is 1.32. The molecule has 1 fully saturated rings. The van der Waals surface area contributed by atoms with Gasteiger partial charge in [-0.15, -0.1) is 0 Å². The van der Waals surface area contributed by atoms with Crippen molar-refractivity contribution < 1.29 is 9.53 Å². The van der Waals surface area contributed by atoms with E-state index in [9.17, 15) is 4.79 Å². The third-order valence-corrected chi connectivity index (χ3v) is 3.57. The van der Waals surface area contributed by atoms with Crippen LogP contribution in [0.1, 0.15) is 17.4 Å². The monoisotopic (exact) mass is 286 g/mol. The Bertz CT molecular complexity index is 653. The standard InChI is InChI=1S/C15H18N4O2/c1-11-10-21-8-7-18(11)15(20)14-5-6-19(17-14)13-4-2-3-12(16)9-13/h2-6,9,11H,7-8,10,16H2,1H3. The highest BCUT2D eigenvalue weighted by atomic mass is 16.5. The van der Waals surface area contributed by atoms with E-state index in [4.69, 9.17) is 10.5 Å². The summed E-state index contributed by atoms with van der Waals surface area (Å²) in [5, 5.41) is 4.36. The summed E-state index contributed by atoms with van der Waals surface area (Å²) in [6.45, 7) is 3.73. The van der Waals surface area contributed by atoms with Crippen LogP contribution < -0.4 is 5.73 Å². The molecule has 110 valence electrons. The molecule has 3 rings (SSSR count). The Balaban J connectivity index is 1.83. The smallest absolute Gasteiger partial charge is 0.274 e. The van der Waals surface area contributed by atoms with Crippen molar-refractivity contribution in [2.45, 2.75) is 13.0 Å². The number of morpholine rings is 1. The second-order valence-electron chi connectivity index (χ2n) is 5.16. The number of anilines is 1. The molecule has 1 unspecified atom stereocenters. The molecule has 0 saturated carbocycles. The van der Waals surface area contributed by atoms with E-state index in [1.807, 2.05) is 31.2 Å². The molecule has 6 nitrogen and oxygen atoms in total. The minimum Gasteiger partial charge on any atom is -0.399 e. The first kappa shape index (κ1) is 13.6. The second kappa shape index (κ2) is 5.57. The number of ether oxygens (including phenoxy) is 1. The number of carbonyl (C=O) groups is 1. The summed E-state index contributed by atoms with van der Waals surface area (Å²) in [6.07, 6.45) is 1.77. The molecule has 0 spiro atoms. The third kappa shape index (κ3) is 2.75. The highest BCUT2D eigenvalue weighted by Gasteiger charge is 2.26. The number of benzene rings is 1. The molecule has 1 aliphatic rings. The fourth-order valence-electron chi connectivity index (χ4n) is 2.43. The number of nitrogens with two attached hydrogens (primary N) is 1. The van der Waals surface area contributed by atoms with Crippen molar-refractivity contribution in [3.63, 3.8) is 0 Å². The van der Waals surface area contributed by atoms with Gasteiger partial charge in [0.05, 0.1) is 24.9 Å². The Morgan fingerprint density at radius 2 is 2.29 bits per heavy atom. The van der Waals surface area contributed by atoms with E-state index in [1.165, 1.54) is 0 Å². The normalized spacial score (nSPS) is 18.7. The first-order chi connectivity index (χ1) is 10.1. The van der Waals surface area contributed by atoms with Gasteiger partial charge in [0.1, 0.15) is 0 Å². The summed E-state index contributed by atoms with van der Waals surface area (Å²) in [4.78, 5) is 14.3. The van der Waals surface area contributed by atoms with Gasteiger partial charge in [0.15, 0.2) is 5.69 Å². The number of hydrogen-bond donors (Lipinski definition) is 1. The largest absolute Gasteiger partial charge is 0.399 e. The Morgan fingerprint density at radius 1 is 1.43 bits per heavy atom.